The summed E-state index contributed by atoms with van der Waals surface area (Å²) < 4.78 is 9.76. The minimum absolute atomic E-state index is 0.00117. The molecule has 0 unspecified atom stereocenters. The van der Waals surface area contributed by atoms with E-state index in [1.807, 2.05) is 6.07 Å². The van der Waals surface area contributed by atoms with E-state index in [9.17, 15) is 9.90 Å². The summed E-state index contributed by atoms with van der Waals surface area (Å²) in [4.78, 5) is 11.5. The van der Waals surface area contributed by atoms with E-state index in [2.05, 4.69) is 0 Å². The molecule has 4 nitrogen and oxygen atoms in total. The van der Waals surface area contributed by atoms with Gasteiger partial charge in [-0.15, -0.1) is 0 Å². The second-order valence-electron chi connectivity index (χ2n) is 4.59. The maximum Gasteiger partial charge on any atom is 0.347 e. The monoisotopic (exact) mass is 262 g/mol. The third-order valence-corrected chi connectivity index (χ3v) is 3.15. The van der Waals surface area contributed by atoms with Crippen molar-refractivity contribution in [1.29, 1.82) is 0 Å². The van der Waals surface area contributed by atoms with Crippen molar-refractivity contribution in [3.63, 3.8) is 0 Å². The predicted molar refractivity (Wildman–Crippen MR) is 73.6 cm³/mol. The van der Waals surface area contributed by atoms with Crippen molar-refractivity contribution in [2.24, 2.45) is 0 Å². The average molecular weight is 262 g/mol. The van der Waals surface area contributed by atoms with Crippen LogP contribution in [-0.4, -0.2) is 18.8 Å². The molecule has 1 aromatic carbocycles. The maximum absolute atomic E-state index is 11.5. The van der Waals surface area contributed by atoms with E-state index in [-0.39, 0.29) is 11.1 Å². The fraction of sp³-hybridized carbons (Fsp3) is 0.400. The number of benzene rings is 1. The van der Waals surface area contributed by atoms with Gasteiger partial charge in [0.15, 0.2) is 0 Å². The van der Waals surface area contributed by atoms with Gasteiger partial charge in [0.05, 0.1) is 6.26 Å². The summed E-state index contributed by atoms with van der Waals surface area (Å²) >= 11 is 0. The lowest BCUT2D eigenvalue weighted by Crippen LogP contribution is -1.99. The lowest BCUT2D eigenvalue weighted by molar-refractivity contribution is 0.192. The molecule has 0 fully saturated rings. The molecule has 0 aliphatic rings. The van der Waals surface area contributed by atoms with Crippen LogP contribution in [0.2, 0.25) is 0 Å². The number of unbranched alkanes of at least 4 members (excludes halogenated alkanes) is 2. The second kappa shape index (κ2) is 6.38. The lowest BCUT2D eigenvalue weighted by atomic mass is 10.0. The zero-order chi connectivity index (χ0) is 13.7. The van der Waals surface area contributed by atoms with Crippen LogP contribution in [0.3, 0.4) is 0 Å². The van der Waals surface area contributed by atoms with Gasteiger partial charge in [-0.25, -0.2) is 4.79 Å². The lowest BCUT2D eigenvalue weighted by Gasteiger charge is -2.05. The number of ether oxygens (including phenoxy) is 1. The number of phenols is 1. The van der Waals surface area contributed by atoms with Crippen molar-refractivity contribution in [1.82, 2.24) is 0 Å². The minimum atomic E-state index is -0.498. The van der Waals surface area contributed by atoms with Gasteiger partial charge in [-0.05, 0) is 42.3 Å². The van der Waals surface area contributed by atoms with E-state index in [1.165, 1.54) is 6.26 Å². The van der Waals surface area contributed by atoms with E-state index in [0.717, 1.165) is 43.2 Å². The van der Waals surface area contributed by atoms with Crippen molar-refractivity contribution < 1.29 is 14.3 Å². The molecule has 0 spiro atoms. The van der Waals surface area contributed by atoms with Crippen LogP contribution in [0.1, 0.15) is 24.8 Å². The summed E-state index contributed by atoms with van der Waals surface area (Å²) in [6.45, 7) is 0.782. The molecule has 1 heterocycles. The van der Waals surface area contributed by atoms with Crippen molar-refractivity contribution in [3.8, 4) is 5.75 Å². The zero-order valence-corrected chi connectivity index (χ0v) is 11.0. The van der Waals surface area contributed by atoms with Crippen molar-refractivity contribution >= 4 is 10.8 Å². The van der Waals surface area contributed by atoms with Gasteiger partial charge < -0.3 is 14.3 Å². The molecule has 102 valence electrons. The Kier molecular flexibility index (Phi) is 4.58. The molecule has 2 aromatic rings. The molecule has 0 aliphatic heterocycles. The van der Waals surface area contributed by atoms with Crippen LogP contribution < -0.4 is 5.63 Å². The van der Waals surface area contributed by atoms with Crippen LogP contribution in [0.5, 0.6) is 5.75 Å². The molecule has 0 atom stereocenters. The Hall–Kier alpha value is -1.81. The first kappa shape index (κ1) is 13.6. The highest BCUT2D eigenvalue weighted by Gasteiger charge is 2.07. The molecule has 0 amide bonds. The normalized spacial score (nSPS) is 11.0. The smallest absolute Gasteiger partial charge is 0.347 e. The number of rotatable bonds is 6. The number of phenolic OH excluding ortho intramolecular Hbond substituents is 1. The standard InChI is InChI=1S/C15H18O4/c1-18-7-4-2-3-5-11-9-12-6-8-19-15(17)14(12)13(16)10-11/h6,8-10,16H,2-5,7H2,1H3. The number of aryl methyl sites for hydroxylation is 1. The Morgan fingerprint density at radius 1 is 1.26 bits per heavy atom. The molecule has 4 heteroatoms. The molecule has 0 radical (unpaired) electrons. The van der Waals surface area contributed by atoms with E-state index in [4.69, 9.17) is 9.15 Å². The van der Waals surface area contributed by atoms with Gasteiger partial charge in [0, 0.05) is 13.7 Å². The van der Waals surface area contributed by atoms with Gasteiger partial charge >= 0.3 is 5.63 Å². The first-order valence-corrected chi connectivity index (χ1v) is 6.44. The molecular formula is C15H18O4. The van der Waals surface area contributed by atoms with Gasteiger partial charge in [-0.2, -0.15) is 0 Å². The van der Waals surface area contributed by atoms with Crippen molar-refractivity contribution in [3.05, 3.63) is 40.4 Å². The largest absolute Gasteiger partial charge is 0.507 e. The Morgan fingerprint density at radius 2 is 2.11 bits per heavy atom. The van der Waals surface area contributed by atoms with Crippen LogP contribution in [0, 0.1) is 0 Å². The number of fused-ring (bicyclic) bond motifs is 1. The zero-order valence-electron chi connectivity index (χ0n) is 11.0. The maximum atomic E-state index is 11.5. The number of hydrogen-bond acceptors (Lipinski definition) is 4. The van der Waals surface area contributed by atoms with Crippen molar-refractivity contribution in [2.75, 3.05) is 13.7 Å². The van der Waals surface area contributed by atoms with E-state index >= 15 is 0 Å². The van der Waals surface area contributed by atoms with Crippen LogP contribution in [0.15, 0.2) is 33.7 Å². The van der Waals surface area contributed by atoms with Gasteiger partial charge in [-0.3, -0.25) is 0 Å². The SMILES string of the molecule is COCCCCCc1cc(O)c2c(=O)occc2c1. The Balaban J connectivity index is 2.11. The molecule has 2 rings (SSSR count). The molecule has 1 N–H and O–H groups in total. The third-order valence-electron chi connectivity index (χ3n) is 3.15. The molecule has 1 aromatic heterocycles. The van der Waals surface area contributed by atoms with Gasteiger partial charge in [0.2, 0.25) is 0 Å². The molecule has 0 bridgehead atoms. The number of methoxy groups -OCH3 is 1. The van der Waals surface area contributed by atoms with Crippen LogP contribution in [0.25, 0.3) is 10.8 Å². The molecule has 0 saturated heterocycles. The summed E-state index contributed by atoms with van der Waals surface area (Å²) in [6.07, 6.45) is 5.40. The summed E-state index contributed by atoms with van der Waals surface area (Å²) in [5.41, 5.74) is 0.537. The molecular weight excluding hydrogens is 244 g/mol. The van der Waals surface area contributed by atoms with Crippen LogP contribution in [0.4, 0.5) is 0 Å². The fourth-order valence-electron chi connectivity index (χ4n) is 2.19. The molecule has 0 saturated carbocycles. The van der Waals surface area contributed by atoms with Gasteiger partial charge in [-0.1, -0.05) is 12.5 Å². The Bertz CT molecular complexity index is 601. The molecule has 19 heavy (non-hydrogen) atoms. The van der Waals surface area contributed by atoms with Gasteiger partial charge in [0.25, 0.3) is 0 Å². The first-order chi connectivity index (χ1) is 9.22. The fourth-order valence-corrected chi connectivity index (χ4v) is 2.19. The quantitative estimate of drug-likeness (QED) is 0.813. The first-order valence-electron chi connectivity index (χ1n) is 6.44. The van der Waals surface area contributed by atoms with E-state index in [0.29, 0.717) is 0 Å². The van der Waals surface area contributed by atoms with Crippen LogP contribution in [-0.2, 0) is 11.2 Å². The Morgan fingerprint density at radius 3 is 2.89 bits per heavy atom. The summed E-state index contributed by atoms with van der Waals surface area (Å²) in [5.74, 6) is -0.00117. The second-order valence-corrected chi connectivity index (χ2v) is 4.59. The highest BCUT2D eigenvalue weighted by atomic mass is 16.5. The number of aromatic hydroxyl groups is 1. The highest BCUT2D eigenvalue weighted by Crippen LogP contribution is 2.24. The highest BCUT2D eigenvalue weighted by molar-refractivity contribution is 5.87. The summed E-state index contributed by atoms with van der Waals surface area (Å²) in [6, 6.07) is 5.28. The average Bonchev–Trinajstić information content (AvgIpc) is 2.38. The summed E-state index contributed by atoms with van der Waals surface area (Å²) in [7, 11) is 1.70. The molecule has 0 aliphatic carbocycles. The van der Waals surface area contributed by atoms with Crippen molar-refractivity contribution in [2.45, 2.75) is 25.7 Å². The third kappa shape index (κ3) is 3.35. The van der Waals surface area contributed by atoms with Gasteiger partial charge in [0.1, 0.15) is 11.1 Å². The van der Waals surface area contributed by atoms with E-state index < -0.39 is 5.63 Å². The van der Waals surface area contributed by atoms with Crippen LogP contribution >= 0.6 is 0 Å². The van der Waals surface area contributed by atoms with E-state index in [1.54, 1.807) is 19.2 Å². The topological polar surface area (TPSA) is 59.7 Å². The minimum Gasteiger partial charge on any atom is -0.507 e. The Labute approximate surface area is 111 Å². The predicted octanol–water partition coefficient (Wildman–Crippen LogP) is 2.86. The number of hydrogen-bond donors (Lipinski definition) is 1. The summed E-state index contributed by atoms with van der Waals surface area (Å²) in [5, 5.41) is 10.9.